The lowest BCUT2D eigenvalue weighted by Crippen LogP contribution is -2.32. The van der Waals surface area contributed by atoms with Crippen molar-refractivity contribution >= 4 is 6.16 Å². The van der Waals surface area contributed by atoms with E-state index in [1.807, 2.05) is 30.3 Å². The predicted molar refractivity (Wildman–Crippen MR) is 63.1 cm³/mol. The highest BCUT2D eigenvalue weighted by molar-refractivity contribution is 5.59. The summed E-state index contributed by atoms with van der Waals surface area (Å²) in [6.45, 7) is 1.87. The lowest BCUT2D eigenvalue weighted by Gasteiger charge is -2.24. The van der Waals surface area contributed by atoms with E-state index in [1.54, 1.807) is 5.06 Å². The van der Waals surface area contributed by atoms with E-state index in [-0.39, 0.29) is 6.61 Å². The van der Waals surface area contributed by atoms with Gasteiger partial charge in [0.05, 0.1) is 0 Å². The van der Waals surface area contributed by atoms with E-state index >= 15 is 0 Å². The molecule has 92 valence electrons. The summed E-state index contributed by atoms with van der Waals surface area (Å²) in [5.74, 6) is 0. The van der Waals surface area contributed by atoms with Gasteiger partial charge in [0.2, 0.25) is 0 Å². The Balaban J connectivity index is 1.70. The Labute approximate surface area is 101 Å². The lowest BCUT2D eigenvalue weighted by atomic mass is 10.2. The van der Waals surface area contributed by atoms with Gasteiger partial charge in [-0.15, -0.1) is 5.06 Å². The molecule has 1 fully saturated rings. The third-order valence-corrected chi connectivity index (χ3v) is 2.72. The third-order valence-electron chi connectivity index (χ3n) is 2.72. The number of hydrogen-bond acceptors (Lipinski definition) is 4. The first-order valence-electron chi connectivity index (χ1n) is 5.98. The van der Waals surface area contributed by atoms with E-state index in [0.29, 0.717) is 0 Å². The van der Waals surface area contributed by atoms with Crippen LogP contribution in [0.4, 0.5) is 4.79 Å². The molecule has 0 spiro atoms. The SMILES string of the molecule is O=C(OCc1ccccc1)ON1CCCCC1. The molecule has 1 aliphatic heterocycles. The fraction of sp³-hybridized carbons (Fsp3) is 0.462. The van der Waals surface area contributed by atoms with Crippen LogP contribution in [0.3, 0.4) is 0 Å². The number of nitrogens with zero attached hydrogens (tertiary/aromatic N) is 1. The Kier molecular flexibility index (Phi) is 4.38. The number of rotatable bonds is 3. The topological polar surface area (TPSA) is 38.8 Å². The number of ether oxygens (including phenoxy) is 1. The van der Waals surface area contributed by atoms with Crippen LogP contribution in [0.15, 0.2) is 30.3 Å². The molecule has 0 radical (unpaired) electrons. The van der Waals surface area contributed by atoms with Crippen molar-refractivity contribution in [2.45, 2.75) is 25.9 Å². The molecule has 0 aromatic heterocycles. The van der Waals surface area contributed by atoms with Gasteiger partial charge in [0.15, 0.2) is 0 Å². The van der Waals surface area contributed by atoms with Gasteiger partial charge in [-0.2, -0.15) is 0 Å². The van der Waals surface area contributed by atoms with Crippen LogP contribution in [0.2, 0.25) is 0 Å². The van der Waals surface area contributed by atoms with Crippen molar-refractivity contribution in [2.24, 2.45) is 0 Å². The summed E-state index contributed by atoms with van der Waals surface area (Å²) in [7, 11) is 0. The third kappa shape index (κ3) is 4.07. The number of carbonyl (C=O) groups excluding carboxylic acids is 1. The number of benzene rings is 1. The molecule has 4 heteroatoms. The summed E-state index contributed by atoms with van der Waals surface area (Å²) >= 11 is 0. The second-order valence-electron chi connectivity index (χ2n) is 4.11. The number of carbonyl (C=O) groups is 1. The van der Waals surface area contributed by atoms with Crippen LogP contribution in [0.1, 0.15) is 24.8 Å². The second kappa shape index (κ2) is 6.25. The molecule has 1 aliphatic rings. The van der Waals surface area contributed by atoms with Gasteiger partial charge in [-0.25, -0.2) is 4.79 Å². The van der Waals surface area contributed by atoms with Crippen LogP contribution in [0, 0.1) is 0 Å². The zero-order chi connectivity index (χ0) is 11.9. The molecular formula is C13H17NO3. The molecule has 17 heavy (non-hydrogen) atoms. The van der Waals surface area contributed by atoms with Gasteiger partial charge in [-0.1, -0.05) is 36.8 Å². The van der Waals surface area contributed by atoms with Gasteiger partial charge in [0.25, 0.3) is 0 Å². The van der Waals surface area contributed by atoms with Crippen LogP contribution in [-0.2, 0) is 16.2 Å². The predicted octanol–water partition coefficient (Wildman–Crippen LogP) is 2.74. The van der Waals surface area contributed by atoms with Crippen molar-refractivity contribution in [3.63, 3.8) is 0 Å². The Morgan fingerprint density at radius 2 is 1.82 bits per heavy atom. The van der Waals surface area contributed by atoms with E-state index in [2.05, 4.69) is 0 Å². The van der Waals surface area contributed by atoms with Crippen molar-refractivity contribution in [3.05, 3.63) is 35.9 Å². The zero-order valence-electron chi connectivity index (χ0n) is 9.80. The quantitative estimate of drug-likeness (QED) is 0.755. The first-order valence-corrected chi connectivity index (χ1v) is 5.98. The summed E-state index contributed by atoms with van der Waals surface area (Å²) in [5, 5.41) is 1.68. The summed E-state index contributed by atoms with van der Waals surface area (Å²) in [4.78, 5) is 16.5. The summed E-state index contributed by atoms with van der Waals surface area (Å²) < 4.78 is 5.03. The summed E-state index contributed by atoms with van der Waals surface area (Å²) in [6.07, 6.45) is 2.74. The molecule has 0 atom stereocenters. The van der Waals surface area contributed by atoms with E-state index in [0.717, 1.165) is 31.5 Å². The van der Waals surface area contributed by atoms with Gasteiger partial charge >= 0.3 is 6.16 Å². The van der Waals surface area contributed by atoms with Gasteiger partial charge in [0.1, 0.15) is 6.61 Å². The van der Waals surface area contributed by atoms with E-state index in [4.69, 9.17) is 9.57 Å². The Morgan fingerprint density at radius 3 is 2.53 bits per heavy atom. The van der Waals surface area contributed by atoms with Gasteiger partial charge in [-0.05, 0) is 18.4 Å². The van der Waals surface area contributed by atoms with Gasteiger partial charge in [-0.3, -0.25) is 0 Å². The molecule has 1 heterocycles. The van der Waals surface area contributed by atoms with Crippen LogP contribution in [0.25, 0.3) is 0 Å². The first-order chi connectivity index (χ1) is 8.34. The molecule has 2 rings (SSSR count). The normalized spacial score (nSPS) is 16.5. The molecule has 1 aromatic rings. The van der Waals surface area contributed by atoms with Crippen LogP contribution in [-0.4, -0.2) is 24.3 Å². The standard InChI is InChI=1S/C13H17NO3/c15-13(17-14-9-5-2-6-10-14)16-11-12-7-3-1-4-8-12/h1,3-4,7-8H,2,5-6,9-11H2. The smallest absolute Gasteiger partial charge is 0.428 e. The average Bonchev–Trinajstić information content (AvgIpc) is 2.39. The fourth-order valence-corrected chi connectivity index (χ4v) is 1.80. The van der Waals surface area contributed by atoms with Crippen molar-refractivity contribution in [2.75, 3.05) is 13.1 Å². The second-order valence-corrected chi connectivity index (χ2v) is 4.11. The molecule has 4 nitrogen and oxygen atoms in total. The molecule has 0 saturated carbocycles. The number of hydroxylamine groups is 2. The lowest BCUT2D eigenvalue weighted by molar-refractivity contribution is -0.138. The molecule has 0 unspecified atom stereocenters. The maximum atomic E-state index is 11.4. The molecular weight excluding hydrogens is 218 g/mol. The Morgan fingerprint density at radius 1 is 1.12 bits per heavy atom. The minimum absolute atomic E-state index is 0.257. The molecule has 0 bridgehead atoms. The van der Waals surface area contributed by atoms with E-state index < -0.39 is 6.16 Å². The largest absolute Gasteiger partial charge is 0.528 e. The molecule has 0 amide bonds. The molecule has 0 aliphatic carbocycles. The maximum absolute atomic E-state index is 11.4. The van der Waals surface area contributed by atoms with E-state index in [1.165, 1.54) is 6.42 Å². The molecule has 1 saturated heterocycles. The average molecular weight is 235 g/mol. The van der Waals surface area contributed by atoms with Crippen molar-refractivity contribution in [1.82, 2.24) is 5.06 Å². The Bertz CT molecular complexity index is 347. The van der Waals surface area contributed by atoms with Crippen molar-refractivity contribution in [3.8, 4) is 0 Å². The zero-order valence-corrected chi connectivity index (χ0v) is 9.80. The van der Waals surface area contributed by atoms with Gasteiger partial charge < -0.3 is 9.57 Å². The van der Waals surface area contributed by atoms with Crippen molar-refractivity contribution < 1.29 is 14.4 Å². The first kappa shape index (κ1) is 11.9. The van der Waals surface area contributed by atoms with Crippen LogP contribution in [0.5, 0.6) is 0 Å². The van der Waals surface area contributed by atoms with Gasteiger partial charge in [0, 0.05) is 13.1 Å². The van der Waals surface area contributed by atoms with Crippen LogP contribution < -0.4 is 0 Å². The van der Waals surface area contributed by atoms with Crippen molar-refractivity contribution in [1.29, 1.82) is 0 Å². The highest BCUT2D eigenvalue weighted by atomic mass is 16.8. The highest BCUT2D eigenvalue weighted by Crippen LogP contribution is 2.10. The Hall–Kier alpha value is -1.55. The highest BCUT2D eigenvalue weighted by Gasteiger charge is 2.15. The number of hydrogen-bond donors (Lipinski definition) is 0. The summed E-state index contributed by atoms with van der Waals surface area (Å²) in [6, 6.07) is 9.57. The molecule has 0 N–H and O–H groups in total. The fourth-order valence-electron chi connectivity index (χ4n) is 1.80. The number of piperidine rings is 1. The van der Waals surface area contributed by atoms with E-state index in [9.17, 15) is 4.79 Å². The van der Waals surface area contributed by atoms with Crippen LogP contribution >= 0.6 is 0 Å². The maximum Gasteiger partial charge on any atom is 0.528 e. The summed E-state index contributed by atoms with van der Waals surface area (Å²) in [5.41, 5.74) is 0.961. The minimum atomic E-state index is -0.615. The molecule has 1 aromatic carbocycles. The minimum Gasteiger partial charge on any atom is -0.428 e. The monoisotopic (exact) mass is 235 g/mol.